The fourth-order valence-corrected chi connectivity index (χ4v) is 1.75. The van der Waals surface area contributed by atoms with Gasteiger partial charge in [0.05, 0.1) is 0 Å². The van der Waals surface area contributed by atoms with Crippen LogP contribution in [0.2, 0.25) is 0 Å². The average molecular weight is 614 g/mol. The molecule has 0 heterocycles. The second-order valence-electron chi connectivity index (χ2n) is 7.18. The molecular formula is C16H16F18O4. The van der Waals surface area contributed by atoms with Gasteiger partial charge in [-0.2, -0.15) is 57.1 Å². The summed E-state index contributed by atoms with van der Waals surface area (Å²) >= 11 is 0. The van der Waals surface area contributed by atoms with Crippen molar-refractivity contribution in [2.75, 3.05) is 0 Å². The molecule has 0 aromatic rings. The molecule has 0 bridgehead atoms. The first kappa shape index (κ1) is 38.1. The minimum absolute atomic E-state index is 0.0378. The third-order valence-corrected chi connectivity index (χ3v) is 4.06. The molecule has 38 heavy (non-hydrogen) atoms. The summed E-state index contributed by atoms with van der Waals surface area (Å²) < 4.78 is 227. The first-order valence-electron chi connectivity index (χ1n) is 9.16. The predicted octanol–water partition coefficient (Wildman–Crippen LogP) is 6.89. The van der Waals surface area contributed by atoms with Crippen LogP contribution >= 0.6 is 0 Å². The van der Waals surface area contributed by atoms with Crippen LogP contribution in [0.1, 0.15) is 20.8 Å². The maximum absolute atomic E-state index is 13.1. The SMILES string of the molecule is CC(O)C(F)(F)C(F)C(F)(F)F.CC(OC(=O)OC(C)C(F)(F)C(F)C(F)(F)F)C(F)(F)C(F)C(F)(F)F. The lowest BCUT2D eigenvalue weighted by molar-refractivity contribution is -0.273. The van der Waals surface area contributed by atoms with Crippen LogP contribution in [-0.4, -0.2) is 84.4 Å². The molecular weight excluding hydrogens is 598 g/mol. The van der Waals surface area contributed by atoms with Gasteiger partial charge in [-0.1, -0.05) is 0 Å². The average Bonchev–Trinajstić information content (AvgIpc) is 2.69. The Kier molecular flexibility index (Phi) is 12.5. The van der Waals surface area contributed by atoms with Crippen LogP contribution in [0.25, 0.3) is 0 Å². The third-order valence-electron chi connectivity index (χ3n) is 4.06. The van der Waals surface area contributed by atoms with Gasteiger partial charge in [0.25, 0.3) is 18.5 Å². The monoisotopic (exact) mass is 614 g/mol. The van der Waals surface area contributed by atoms with E-state index in [1.165, 1.54) is 0 Å². The molecule has 1 N–H and O–H groups in total. The first-order valence-corrected chi connectivity index (χ1v) is 9.16. The van der Waals surface area contributed by atoms with Crippen molar-refractivity contribution in [2.24, 2.45) is 0 Å². The molecule has 0 amide bonds. The van der Waals surface area contributed by atoms with Crippen molar-refractivity contribution in [1.29, 1.82) is 0 Å². The summed E-state index contributed by atoms with van der Waals surface area (Å²) in [6, 6.07) is 0. The number of hydrogen-bond acceptors (Lipinski definition) is 4. The summed E-state index contributed by atoms with van der Waals surface area (Å²) in [5.74, 6) is -15.5. The Morgan fingerprint density at radius 2 is 0.737 bits per heavy atom. The summed E-state index contributed by atoms with van der Waals surface area (Å²) in [5.41, 5.74) is 0. The van der Waals surface area contributed by atoms with Crippen molar-refractivity contribution >= 4 is 6.16 Å². The largest absolute Gasteiger partial charge is 0.509 e. The summed E-state index contributed by atoms with van der Waals surface area (Å²) in [4.78, 5) is 11.0. The van der Waals surface area contributed by atoms with Crippen molar-refractivity contribution in [2.45, 2.75) is 93.9 Å². The molecule has 0 aliphatic carbocycles. The van der Waals surface area contributed by atoms with Gasteiger partial charge >= 0.3 is 42.5 Å². The number of ether oxygens (including phenoxy) is 2. The van der Waals surface area contributed by atoms with E-state index < -0.39 is 79.3 Å². The van der Waals surface area contributed by atoms with Crippen LogP contribution in [0, 0.1) is 0 Å². The maximum Gasteiger partial charge on any atom is 0.509 e. The van der Waals surface area contributed by atoms with E-state index in [-0.39, 0.29) is 13.8 Å². The molecule has 0 spiro atoms. The minimum Gasteiger partial charge on any atom is -0.425 e. The lowest BCUT2D eigenvalue weighted by Crippen LogP contribution is -2.51. The highest BCUT2D eigenvalue weighted by Crippen LogP contribution is 2.40. The van der Waals surface area contributed by atoms with Gasteiger partial charge in [0.15, 0.2) is 12.2 Å². The van der Waals surface area contributed by atoms with Crippen molar-refractivity contribution in [3.05, 3.63) is 0 Å². The van der Waals surface area contributed by atoms with Crippen LogP contribution in [0.4, 0.5) is 83.8 Å². The zero-order chi connectivity index (χ0) is 31.5. The number of rotatable bonds is 8. The molecule has 6 atom stereocenters. The van der Waals surface area contributed by atoms with Crippen molar-refractivity contribution in [3.63, 3.8) is 0 Å². The van der Waals surface area contributed by atoms with Gasteiger partial charge in [0.1, 0.15) is 6.10 Å². The summed E-state index contributed by atoms with van der Waals surface area (Å²) in [6.07, 6.45) is -43.4. The van der Waals surface area contributed by atoms with Gasteiger partial charge in [-0.3, -0.25) is 0 Å². The lowest BCUT2D eigenvalue weighted by Gasteiger charge is -2.29. The first-order chi connectivity index (χ1) is 16.3. The Labute approximate surface area is 199 Å². The van der Waals surface area contributed by atoms with Crippen molar-refractivity contribution in [3.8, 4) is 0 Å². The van der Waals surface area contributed by atoms with Gasteiger partial charge in [-0.05, 0) is 20.8 Å². The fraction of sp³-hybridized carbons (Fsp3) is 0.938. The Morgan fingerprint density at radius 1 is 0.526 bits per heavy atom. The van der Waals surface area contributed by atoms with Crippen LogP contribution in [-0.2, 0) is 9.47 Å². The number of hydrogen-bond donors (Lipinski definition) is 1. The fourth-order valence-electron chi connectivity index (χ4n) is 1.75. The van der Waals surface area contributed by atoms with Crippen LogP contribution in [0.5, 0.6) is 0 Å². The molecule has 0 aliphatic rings. The van der Waals surface area contributed by atoms with Crippen molar-refractivity contribution in [1.82, 2.24) is 0 Å². The topological polar surface area (TPSA) is 55.8 Å². The molecule has 0 saturated carbocycles. The summed E-state index contributed by atoms with van der Waals surface area (Å²) in [7, 11) is 0. The molecule has 0 aromatic carbocycles. The van der Waals surface area contributed by atoms with Gasteiger partial charge in [-0.15, -0.1) is 0 Å². The van der Waals surface area contributed by atoms with Crippen LogP contribution < -0.4 is 0 Å². The van der Waals surface area contributed by atoms with E-state index in [9.17, 15) is 83.8 Å². The van der Waals surface area contributed by atoms with Crippen LogP contribution in [0.3, 0.4) is 0 Å². The van der Waals surface area contributed by atoms with Crippen LogP contribution in [0.15, 0.2) is 0 Å². The van der Waals surface area contributed by atoms with Crippen molar-refractivity contribution < 1.29 is 98.4 Å². The second kappa shape index (κ2) is 12.4. The number of carbonyl (C=O) groups excluding carboxylic acids is 1. The van der Waals surface area contributed by atoms with Gasteiger partial charge in [0.2, 0.25) is 0 Å². The standard InChI is InChI=1S/C11H10F12O3.C5H6F6O/c1-3(8(14,15)5(12)10(18,19)20)25-7(24)26-4(2)9(16,17)6(13)11(21,22)23;1-2(12)4(7,8)3(6)5(9,10)11/h3-6H,1-2H3;2-3,12H,1H3. The van der Waals surface area contributed by atoms with Gasteiger partial charge in [-0.25, -0.2) is 26.7 Å². The van der Waals surface area contributed by atoms with Gasteiger partial charge in [0, 0.05) is 0 Å². The molecule has 0 saturated heterocycles. The number of alkyl halides is 18. The van der Waals surface area contributed by atoms with E-state index in [1.807, 2.05) is 0 Å². The molecule has 6 unspecified atom stereocenters. The highest BCUT2D eigenvalue weighted by atomic mass is 19.4. The zero-order valence-electron chi connectivity index (χ0n) is 18.4. The van der Waals surface area contributed by atoms with E-state index in [0.717, 1.165) is 0 Å². The third kappa shape index (κ3) is 10.3. The molecule has 230 valence electrons. The number of halogens is 18. The molecule has 4 nitrogen and oxygen atoms in total. The smallest absolute Gasteiger partial charge is 0.425 e. The molecule has 0 aromatic heterocycles. The molecule has 0 fully saturated rings. The normalized spacial score (nSPS) is 18.8. The zero-order valence-corrected chi connectivity index (χ0v) is 18.4. The lowest BCUT2D eigenvalue weighted by atomic mass is 10.1. The number of aliphatic hydroxyl groups is 1. The molecule has 22 heteroatoms. The Hall–Kier alpha value is -2.03. The summed E-state index contributed by atoms with van der Waals surface area (Å²) in [6.45, 7) is 0.463. The molecule has 0 aliphatic heterocycles. The highest BCUT2D eigenvalue weighted by molar-refractivity contribution is 5.60. The predicted molar refractivity (Wildman–Crippen MR) is 85.9 cm³/mol. The second-order valence-corrected chi connectivity index (χ2v) is 7.18. The highest BCUT2D eigenvalue weighted by Gasteiger charge is 2.63. The Morgan fingerprint density at radius 3 is 0.895 bits per heavy atom. The maximum atomic E-state index is 13.1. The number of carbonyl (C=O) groups is 1. The Balaban J connectivity index is 0. The minimum atomic E-state index is -6.07. The molecule has 0 rings (SSSR count). The van der Waals surface area contributed by atoms with E-state index in [1.54, 1.807) is 0 Å². The Bertz CT molecular complexity index is 702. The van der Waals surface area contributed by atoms with E-state index >= 15 is 0 Å². The summed E-state index contributed by atoms with van der Waals surface area (Å²) in [5, 5.41) is 8.12. The van der Waals surface area contributed by atoms with E-state index in [2.05, 4.69) is 9.47 Å². The number of aliphatic hydroxyl groups excluding tert-OH is 1. The van der Waals surface area contributed by atoms with E-state index in [4.69, 9.17) is 5.11 Å². The molecule has 0 radical (unpaired) electrons. The van der Waals surface area contributed by atoms with E-state index in [0.29, 0.717) is 6.92 Å². The van der Waals surface area contributed by atoms with Gasteiger partial charge < -0.3 is 14.6 Å². The quantitative estimate of drug-likeness (QED) is 0.239.